The van der Waals surface area contributed by atoms with E-state index in [-0.39, 0.29) is 12.1 Å². The fraction of sp³-hybridized carbons (Fsp3) is 0.158. The Morgan fingerprint density at radius 3 is 2.52 bits per heavy atom. The third-order valence-corrected chi connectivity index (χ3v) is 3.88. The third-order valence-electron chi connectivity index (χ3n) is 3.88. The minimum Gasteiger partial charge on any atom is -0.496 e. The summed E-state index contributed by atoms with van der Waals surface area (Å²) in [5.74, 6) is 0.185. The molecule has 0 atom stereocenters. The molecule has 0 saturated carbocycles. The van der Waals surface area contributed by atoms with E-state index in [1.807, 2.05) is 54.6 Å². The van der Waals surface area contributed by atoms with Gasteiger partial charge in [-0.2, -0.15) is 0 Å². The van der Waals surface area contributed by atoms with Crippen molar-refractivity contribution in [3.8, 4) is 17.0 Å². The minimum absolute atomic E-state index is 0.0106. The molecule has 0 aliphatic rings. The van der Waals surface area contributed by atoms with E-state index in [1.54, 1.807) is 14.2 Å². The number of ether oxygens (including phenoxy) is 1. The number of aryl methyl sites for hydroxylation is 1. The van der Waals surface area contributed by atoms with Crippen LogP contribution < -0.4 is 15.7 Å². The quantitative estimate of drug-likeness (QED) is 0.776. The van der Waals surface area contributed by atoms with Crippen molar-refractivity contribution in [1.29, 1.82) is 0 Å². The molecule has 0 aliphatic heterocycles. The van der Waals surface area contributed by atoms with Gasteiger partial charge in [0.05, 0.1) is 7.11 Å². The van der Waals surface area contributed by atoms with Gasteiger partial charge in [0.25, 0.3) is 5.91 Å². The van der Waals surface area contributed by atoms with E-state index in [4.69, 9.17) is 9.26 Å². The predicted octanol–water partition coefficient (Wildman–Crippen LogP) is 2.58. The Kier molecular flexibility index (Phi) is 4.70. The van der Waals surface area contributed by atoms with Crippen molar-refractivity contribution >= 4 is 5.91 Å². The summed E-state index contributed by atoms with van der Waals surface area (Å²) in [6.45, 7) is 0.241. The summed E-state index contributed by atoms with van der Waals surface area (Å²) in [4.78, 5) is 24.8. The molecular weight excluding hydrogens is 320 g/mol. The highest BCUT2D eigenvalue weighted by molar-refractivity contribution is 5.99. The van der Waals surface area contributed by atoms with Crippen molar-refractivity contribution in [2.75, 3.05) is 7.11 Å². The van der Waals surface area contributed by atoms with Gasteiger partial charge >= 0.3 is 5.63 Å². The van der Waals surface area contributed by atoms with Crippen LogP contribution in [-0.2, 0) is 13.6 Å². The maximum atomic E-state index is 12.6. The Bertz CT molecular complexity index is 942. The van der Waals surface area contributed by atoms with Crippen LogP contribution in [-0.4, -0.2) is 17.8 Å². The fourth-order valence-corrected chi connectivity index (χ4v) is 2.71. The smallest absolute Gasteiger partial charge is 0.370 e. The summed E-state index contributed by atoms with van der Waals surface area (Å²) in [6.07, 6.45) is 0. The Hall–Kier alpha value is -3.28. The zero-order valence-corrected chi connectivity index (χ0v) is 14.0. The van der Waals surface area contributed by atoms with Crippen LogP contribution in [0, 0.1) is 0 Å². The summed E-state index contributed by atoms with van der Waals surface area (Å²) in [6, 6.07) is 16.6. The number of benzene rings is 2. The maximum absolute atomic E-state index is 12.6. The summed E-state index contributed by atoms with van der Waals surface area (Å²) in [5.41, 5.74) is 1.32. The Balaban J connectivity index is 1.89. The van der Waals surface area contributed by atoms with E-state index in [0.29, 0.717) is 11.4 Å². The van der Waals surface area contributed by atoms with Crippen molar-refractivity contribution in [2.24, 2.45) is 7.05 Å². The second-order valence-corrected chi connectivity index (χ2v) is 5.46. The van der Waals surface area contributed by atoms with Crippen LogP contribution in [0.4, 0.5) is 0 Å². The SMILES string of the molecule is COc1ccccc1CNC(=O)c1c(-c2ccccc2)n(C)oc1=O. The Labute approximate surface area is 144 Å². The molecule has 0 bridgehead atoms. The topological polar surface area (TPSA) is 73.5 Å². The fourth-order valence-electron chi connectivity index (χ4n) is 2.71. The molecule has 6 nitrogen and oxygen atoms in total. The second-order valence-electron chi connectivity index (χ2n) is 5.46. The third kappa shape index (κ3) is 3.33. The molecule has 2 aromatic carbocycles. The van der Waals surface area contributed by atoms with Gasteiger partial charge in [0.2, 0.25) is 0 Å². The lowest BCUT2D eigenvalue weighted by molar-refractivity contribution is 0.0949. The number of aromatic nitrogens is 1. The first-order valence-corrected chi connectivity index (χ1v) is 7.77. The number of nitrogens with one attached hydrogen (secondary N) is 1. The van der Waals surface area contributed by atoms with Crippen molar-refractivity contribution in [3.63, 3.8) is 0 Å². The lowest BCUT2D eigenvalue weighted by Gasteiger charge is -2.09. The zero-order chi connectivity index (χ0) is 17.8. The van der Waals surface area contributed by atoms with Crippen LogP contribution in [0.25, 0.3) is 11.3 Å². The second kappa shape index (κ2) is 7.09. The monoisotopic (exact) mass is 338 g/mol. The van der Waals surface area contributed by atoms with Crippen molar-refractivity contribution in [2.45, 2.75) is 6.54 Å². The summed E-state index contributed by atoms with van der Waals surface area (Å²) in [7, 11) is 3.17. The molecule has 1 aromatic heterocycles. The van der Waals surface area contributed by atoms with Crippen LogP contribution in [0.15, 0.2) is 63.9 Å². The molecule has 3 aromatic rings. The Morgan fingerprint density at radius 2 is 1.80 bits per heavy atom. The van der Waals surface area contributed by atoms with Gasteiger partial charge in [0.15, 0.2) is 5.56 Å². The summed E-state index contributed by atoms with van der Waals surface area (Å²) < 4.78 is 11.7. The van der Waals surface area contributed by atoms with Gasteiger partial charge < -0.3 is 14.6 Å². The van der Waals surface area contributed by atoms with Gasteiger partial charge in [0, 0.05) is 24.7 Å². The van der Waals surface area contributed by atoms with Gasteiger partial charge in [0.1, 0.15) is 11.4 Å². The average Bonchev–Trinajstić information content (AvgIpc) is 2.94. The van der Waals surface area contributed by atoms with Crippen molar-refractivity contribution in [1.82, 2.24) is 10.1 Å². The lowest BCUT2D eigenvalue weighted by Crippen LogP contribution is -2.27. The molecule has 1 heterocycles. The van der Waals surface area contributed by atoms with Crippen LogP contribution >= 0.6 is 0 Å². The standard InChI is InChI=1S/C19H18N2O4/c1-21-17(13-8-4-3-5-9-13)16(19(23)25-21)18(22)20-12-14-10-6-7-11-15(14)24-2/h3-11H,12H2,1-2H3,(H,20,22). The van der Waals surface area contributed by atoms with E-state index in [2.05, 4.69) is 5.32 Å². The molecule has 6 heteroatoms. The number of hydrogen-bond acceptors (Lipinski definition) is 4. The van der Waals surface area contributed by atoms with Gasteiger partial charge in [-0.15, -0.1) is 0 Å². The molecule has 0 aliphatic carbocycles. The summed E-state index contributed by atoms with van der Waals surface area (Å²) >= 11 is 0. The van der Waals surface area contributed by atoms with E-state index in [0.717, 1.165) is 11.1 Å². The first-order chi connectivity index (χ1) is 12.1. The van der Waals surface area contributed by atoms with E-state index < -0.39 is 11.5 Å². The molecule has 0 saturated heterocycles. The molecule has 0 radical (unpaired) electrons. The molecular formula is C19H18N2O4. The number of hydrogen-bond donors (Lipinski definition) is 1. The highest BCUT2D eigenvalue weighted by atomic mass is 16.5. The number of amides is 1. The minimum atomic E-state index is -0.668. The molecule has 1 N–H and O–H groups in total. The van der Waals surface area contributed by atoms with Gasteiger partial charge in [-0.1, -0.05) is 48.5 Å². The largest absolute Gasteiger partial charge is 0.496 e. The Morgan fingerprint density at radius 1 is 1.12 bits per heavy atom. The van der Waals surface area contributed by atoms with E-state index >= 15 is 0 Å². The molecule has 3 rings (SSSR count). The number of nitrogens with zero attached hydrogens (tertiary/aromatic N) is 1. The van der Waals surface area contributed by atoms with Crippen LogP contribution in [0.3, 0.4) is 0 Å². The van der Waals surface area contributed by atoms with Gasteiger partial charge in [-0.3, -0.25) is 4.79 Å². The molecule has 0 spiro atoms. The van der Waals surface area contributed by atoms with Crippen molar-refractivity contribution < 1.29 is 14.1 Å². The highest BCUT2D eigenvalue weighted by Gasteiger charge is 2.23. The number of carbonyl (C=O) groups excluding carboxylic acids is 1. The number of methoxy groups -OCH3 is 1. The predicted molar refractivity (Wildman–Crippen MR) is 93.5 cm³/mol. The van der Waals surface area contributed by atoms with Crippen LogP contribution in [0.1, 0.15) is 15.9 Å². The first kappa shape index (κ1) is 16.6. The van der Waals surface area contributed by atoms with Crippen LogP contribution in [0.5, 0.6) is 5.75 Å². The van der Waals surface area contributed by atoms with Gasteiger partial charge in [-0.05, 0) is 6.07 Å². The van der Waals surface area contributed by atoms with Gasteiger partial charge in [-0.25, -0.2) is 9.53 Å². The molecule has 1 amide bonds. The molecule has 0 fully saturated rings. The highest BCUT2D eigenvalue weighted by Crippen LogP contribution is 2.22. The average molecular weight is 338 g/mol. The zero-order valence-electron chi connectivity index (χ0n) is 14.0. The number of carbonyl (C=O) groups is 1. The maximum Gasteiger partial charge on any atom is 0.370 e. The van der Waals surface area contributed by atoms with Crippen molar-refractivity contribution in [3.05, 3.63) is 76.1 Å². The lowest BCUT2D eigenvalue weighted by atomic mass is 10.1. The van der Waals surface area contributed by atoms with E-state index in [9.17, 15) is 9.59 Å². The molecule has 0 unspecified atom stereocenters. The van der Waals surface area contributed by atoms with Crippen LogP contribution in [0.2, 0.25) is 0 Å². The first-order valence-electron chi connectivity index (χ1n) is 7.77. The molecule has 25 heavy (non-hydrogen) atoms. The number of para-hydroxylation sites is 1. The normalized spacial score (nSPS) is 10.5. The number of rotatable bonds is 5. The van der Waals surface area contributed by atoms with E-state index in [1.165, 1.54) is 4.74 Å². The molecule has 128 valence electrons. The summed E-state index contributed by atoms with van der Waals surface area (Å²) in [5, 5.41) is 2.76.